The topological polar surface area (TPSA) is 22.1 Å². The van der Waals surface area contributed by atoms with Crippen LogP contribution in [0.15, 0.2) is 48.2 Å². The zero-order valence-corrected chi connectivity index (χ0v) is 14.3. The number of rotatable bonds is 6. The minimum absolute atomic E-state index is 0.435. The molecule has 0 spiro atoms. The molecule has 0 bridgehead atoms. The third kappa shape index (κ3) is 3.64. The molecule has 0 radical (unpaired) electrons. The minimum Gasteiger partial charge on any atom is -0.494 e. The first-order valence-electron chi connectivity index (χ1n) is 8.54. The van der Waals surface area contributed by atoms with Crippen LogP contribution in [0.4, 0.5) is 0 Å². The first-order valence-corrected chi connectivity index (χ1v) is 8.54. The van der Waals surface area contributed by atoms with Crippen molar-refractivity contribution in [2.24, 2.45) is 5.92 Å². The van der Waals surface area contributed by atoms with Crippen LogP contribution in [0.5, 0.6) is 5.75 Å². The zero-order chi connectivity index (χ0) is 16.2. The van der Waals surface area contributed by atoms with E-state index >= 15 is 0 Å². The highest BCUT2D eigenvalue weighted by molar-refractivity contribution is 5.64. The molecule has 0 amide bonds. The molecule has 1 aromatic heterocycles. The SMILES string of the molecule is CCOc1cccc(C(CC(C)C)C2=Cc3cccnc3C2)c1. The highest BCUT2D eigenvalue weighted by atomic mass is 16.5. The lowest BCUT2D eigenvalue weighted by Gasteiger charge is -2.22. The second-order valence-corrected chi connectivity index (χ2v) is 6.62. The molecule has 3 rings (SSSR count). The highest BCUT2D eigenvalue weighted by Gasteiger charge is 2.24. The molecule has 0 saturated heterocycles. The molecule has 1 unspecified atom stereocenters. The number of fused-ring (bicyclic) bond motifs is 1. The van der Waals surface area contributed by atoms with E-state index < -0.39 is 0 Å². The van der Waals surface area contributed by atoms with Crippen molar-refractivity contribution in [2.45, 2.75) is 39.5 Å². The van der Waals surface area contributed by atoms with Gasteiger partial charge in [-0.05, 0) is 48.6 Å². The second kappa shape index (κ2) is 6.99. The van der Waals surface area contributed by atoms with Gasteiger partial charge in [0.15, 0.2) is 0 Å². The molecule has 1 atom stereocenters. The second-order valence-electron chi connectivity index (χ2n) is 6.62. The van der Waals surface area contributed by atoms with Crippen molar-refractivity contribution in [3.05, 3.63) is 65.0 Å². The van der Waals surface area contributed by atoms with Gasteiger partial charge < -0.3 is 4.74 Å². The lowest BCUT2D eigenvalue weighted by molar-refractivity contribution is 0.339. The maximum Gasteiger partial charge on any atom is 0.119 e. The minimum atomic E-state index is 0.435. The quantitative estimate of drug-likeness (QED) is 0.727. The lowest BCUT2D eigenvalue weighted by atomic mass is 9.83. The highest BCUT2D eigenvalue weighted by Crippen LogP contribution is 2.38. The molecule has 0 aliphatic heterocycles. The fourth-order valence-corrected chi connectivity index (χ4v) is 3.36. The average Bonchev–Trinajstić information content (AvgIpc) is 2.96. The van der Waals surface area contributed by atoms with Crippen molar-refractivity contribution in [2.75, 3.05) is 6.61 Å². The Morgan fingerprint density at radius 3 is 2.78 bits per heavy atom. The summed E-state index contributed by atoms with van der Waals surface area (Å²) in [5.74, 6) is 2.05. The smallest absolute Gasteiger partial charge is 0.119 e. The Labute approximate surface area is 139 Å². The fourth-order valence-electron chi connectivity index (χ4n) is 3.36. The van der Waals surface area contributed by atoms with Crippen LogP contribution in [0.2, 0.25) is 0 Å². The Hall–Kier alpha value is -2.09. The van der Waals surface area contributed by atoms with E-state index in [4.69, 9.17) is 4.74 Å². The summed E-state index contributed by atoms with van der Waals surface area (Å²) >= 11 is 0. The number of pyridine rings is 1. The van der Waals surface area contributed by atoms with E-state index in [0.29, 0.717) is 18.4 Å². The van der Waals surface area contributed by atoms with Crippen molar-refractivity contribution in [1.82, 2.24) is 4.98 Å². The first kappa shape index (κ1) is 15.8. The summed E-state index contributed by atoms with van der Waals surface area (Å²) in [5, 5.41) is 0. The van der Waals surface area contributed by atoms with E-state index in [-0.39, 0.29) is 0 Å². The third-order valence-corrected chi connectivity index (χ3v) is 4.36. The molecule has 2 aromatic rings. The van der Waals surface area contributed by atoms with Gasteiger partial charge in [-0.2, -0.15) is 0 Å². The van der Waals surface area contributed by atoms with E-state index in [0.717, 1.165) is 18.6 Å². The van der Waals surface area contributed by atoms with E-state index in [9.17, 15) is 0 Å². The van der Waals surface area contributed by atoms with E-state index in [1.807, 2.05) is 25.3 Å². The van der Waals surface area contributed by atoms with Gasteiger partial charge in [0.1, 0.15) is 5.75 Å². The third-order valence-electron chi connectivity index (χ3n) is 4.36. The van der Waals surface area contributed by atoms with Crippen LogP contribution in [0.25, 0.3) is 6.08 Å². The molecule has 1 heterocycles. The molecular weight excluding hydrogens is 282 g/mol. The van der Waals surface area contributed by atoms with Gasteiger partial charge in [-0.15, -0.1) is 0 Å². The first-order chi connectivity index (χ1) is 11.2. The van der Waals surface area contributed by atoms with E-state index in [1.165, 1.54) is 22.4 Å². The van der Waals surface area contributed by atoms with Gasteiger partial charge in [0.05, 0.1) is 12.3 Å². The number of benzene rings is 1. The molecule has 1 aliphatic carbocycles. The summed E-state index contributed by atoms with van der Waals surface area (Å²) in [4.78, 5) is 4.53. The summed E-state index contributed by atoms with van der Waals surface area (Å²) in [6.07, 6.45) is 6.34. The summed E-state index contributed by atoms with van der Waals surface area (Å²) in [7, 11) is 0. The Balaban J connectivity index is 1.92. The van der Waals surface area contributed by atoms with Gasteiger partial charge in [-0.3, -0.25) is 4.98 Å². The number of ether oxygens (including phenoxy) is 1. The molecule has 1 aromatic carbocycles. The van der Waals surface area contributed by atoms with Crippen molar-refractivity contribution in [3.63, 3.8) is 0 Å². The summed E-state index contributed by atoms with van der Waals surface area (Å²) in [5.41, 5.74) is 5.30. The van der Waals surface area contributed by atoms with Crippen molar-refractivity contribution in [1.29, 1.82) is 0 Å². The largest absolute Gasteiger partial charge is 0.494 e. The standard InChI is InChI=1S/C21H25NO/c1-4-23-19-9-5-7-16(13-19)20(11-15(2)3)18-12-17-8-6-10-22-21(17)14-18/h5-10,12-13,15,20H,4,11,14H2,1-3H3. The van der Waals surface area contributed by atoms with Crippen molar-refractivity contribution in [3.8, 4) is 5.75 Å². The predicted molar refractivity (Wildman–Crippen MR) is 95.7 cm³/mol. The number of aromatic nitrogens is 1. The van der Waals surface area contributed by atoms with Crippen molar-refractivity contribution >= 4 is 6.08 Å². The molecule has 2 heteroatoms. The number of nitrogens with zero attached hydrogens (tertiary/aromatic N) is 1. The van der Waals surface area contributed by atoms with Gasteiger partial charge in [0.25, 0.3) is 0 Å². The number of allylic oxidation sites excluding steroid dienone is 1. The van der Waals surface area contributed by atoms with Crippen molar-refractivity contribution < 1.29 is 4.74 Å². The van der Waals surface area contributed by atoms with Crippen LogP contribution in [0, 0.1) is 5.92 Å². The fraction of sp³-hybridized carbons (Fsp3) is 0.381. The van der Waals surface area contributed by atoms with Gasteiger partial charge in [0, 0.05) is 18.5 Å². The van der Waals surface area contributed by atoms with Crippen LogP contribution in [0.3, 0.4) is 0 Å². The Morgan fingerprint density at radius 2 is 2.04 bits per heavy atom. The molecule has 120 valence electrons. The Bertz CT molecular complexity index is 702. The molecule has 23 heavy (non-hydrogen) atoms. The van der Waals surface area contributed by atoms with Crippen LogP contribution in [-0.2, 0) is 6.42 Å². The van der Waals surface area contributed by atoms with Gasteiger partial charge in [0.2, 0.25) is 0 Å². The average molecular weight is 307 g/mol. The monoisotopic (exact) mass is 307 g/mol. The lowest BCUT2D eigenvalue weighted by Crippen LogP contribution is -2.07. The maximum absolute atomic E-state index is 5.69. The van der Waals surface area contributed by atoms with Gasteiger partial charge in [-0.1, -0.05) is 43.7 Å². The summed E-state index contributed by atoms with van der Waals surface area (Å²) in [6, 6.07) is 12.8. The van der Waals surface area contributed by atoms with Crippen LogP contribution in [-0.4, -0.2) is 11.6 Å². The van der Waals surface area contributed by atoms with E-state index in [2.05, 4.69) is 49.2 Å². The molecule has 2 nitrogen and oxygen atoms in total. The molecule has 1 aliphatic rings. The van der Waals surface area contributed by atoms with Crippen LogP contribution >= 0.6 is 0 Å². The van der Waals surface area contributed by atoms with Crippen LogP contribution < -0.4 is 4.74 Å². The Kier molecular flexibility index (Phi) is 4.80. The molecule has 0 N–H and O–H groups in total. The van der Waals surface area contributed by atoms with Crippen LogP contribution in [0.1, 0.15) is 49.9 Å². The molecule has 0 saturated carbocycles. The normalized spacial score (nSPS) is 14.5. The predicted octanol–water partition coefficient (Wildman–Crippen LogP) is 5.25. The maximum atomic E-state index is 5.69. The molecule has 0 fully saturated rings. The Morgan fingerprint density at radius 1 is 1.17 bits per heavy atom. The molecular formula is C21H25NO. The zero-order valence-electron chi connectivity index (χ0n) is 14.3. The van der Waals surface area contributed by atoms with Gasteiger partial charge >= 0.3 is 0 Å². The number of hydrogen-bond acceptors (Lipinski definition) is 2. The van der Waals surface area contributed by atoms with E-state index in [1.54, 1.807) is 0 Å². The summed E-state index contributed by atoms with van der Waals surface area (Å²) in [6.45, 7) is 7.32. The summed E-state index contributed by atoms with van der Waals surface area (Å²) < 4.78 is 5.69. The van der Waals surface area contributed by atoms with Gasteiger partial charge in [-0.25, -0.2) is 0 Å². The number of hydrogen-bond donors (Lipinski definition) is 0.